The summed E-state index contributed by atoms with van der Waals surface area (Å²) in [4.78, 5) is 28.4. The third-order valence-corrected chi connectivity index (χ3v) is 5.47. The Morgan fingerprint density at radius 2 is 2.32 bits per heavy atom. The van der Waals surface area contributed by atoms with E-state index in [-0.39, 0.29) is 23.4 Å². The Hall–Kier alpha value is -1.37. The van der Waals surface area contributed by atoms with E-state index in [2.05, 4.69) is 36.4 Å². The van der Waals surface area contributed by atoms with Crippen LogP contribution in [-0.4, -0.2) is 65.8 Å². The van der Waals surface area contributed by atoms with Gasteiger partial charge >= 0.3 is 0 Å². The van der Waals surface area contributed by atoms with Crippen molar-refractivity contribution in [3.05, 3.63) is 11.6 Å². The predicted octanol–water partition coefficient (Wildman–Crippen LogP) is 0.426. The Labute approximate surface area is 155 Å². The molecule has 1 aliphatic rings. The van der Waals surface area contributed by atoms with Crippen molar-refractivity contribution in [3.63, 3.8) is 0 Å². The van der Waals surface area contributed by atoms with Crippen LogP contribution in [0.5, 0.6) is 0 Å². The van der Waals surface area contributed by atoms with E-state index in [1.54, 1.807) is 0 Å². The molecule has 2 aromatic heterocycles. The molecule has 0 radical (unpaired) electrons. The summed E-state index contributed by atoms with van der Waals surface area (Å²) < 4.78 is 7.06. The molecule has 0 aliphatic carbocycles. The number of halogens is 2. The quantitative estimate of drug-likeness (QED) is 0.347. The van der Waals surface area contributed by atoms with Crippen LogP contribution in [0.25, 0.3) is 11.2 Å². The van der Waals surface area contributed by atoms with Crippen molar-refractivity contribution in [2.75, 3.05) is 19.2 Å². The molecule has 3 N–H and O–H groups in total. The Balaban J connectivity index is 2.17. The van der Waals surface area contributed by atoms with Crippen LogP contribution >= 0.6 is 27.5 Å². The fourth-order valence-corrected chi connectivity index (χ4v) is 3.77. The van der Waals surface area contributed by atoms with E-state index in [9.17, 15) is 15.0 Å². The molecule has 0 aromatic carbocycles. The lowest BCUT2D eigenvalue weighted by Crippen LogP contribution is -2.49. The molecule has 0 saturated carbocycles. The number of aromatic nitrogens is 4. The molecular formula is C13H15BrClN5O5. The van der Waals surface area contributed by atoms with Gasteiger partial charge in [-0.3, -0.25) is 14.2 Å². The number of aliphatic hydroxyl groups excluding tert-OH is 1. The summed E-state index contributed by atoms with van der Waals surface area (Å²) in [6.07, 6.45) is -0.628. The van der Waals surface area contributed by atoms with Gasteiger partial charge in [-0.1, -0.05) is 15.9 Å². The second kappa shape index (κ2) is 6.74. The zero-order chi connectivity index (χ0) is 18.4. The highest BCUT2D eigenvalue weighted by Crippen LogP contribution is 2.44. The molecule has 4 atom stereocenters. The van der Waals surface area contributed by atoms with Gasteiger partial charge in [0.1, 0.15) is 0 Å². The molecule has 12 heteroatoms. The SMILES string of the molecule is CONc1nc(Cl)nc2c1ncn2[C@@H]1O[C@H](CO)[C@@H](Br)[C@]1(O)C(C)=O. The molecule has 1 saturated heterocycles. The number of carbonyl (C=O) groups excluding carboxylic acids is 1. The fraction of sp³-hybridized carbons (Fsp3) is 0.538. The molecule has 0 spiro atoms. The largest absolute Gasteiger partial charge is 0.394 e. The van der Waals surface area contributed by atoms with Crippen molar-refractivity contribution in [1.29, 1.82) is 0 Å². The van der Waals surface area contributed by atoms with Gasteiger partial charge in [-0.15, -0.1) is 0 Å². The second-order valence-electron chi connectivity index (χ2n) is 5.46. The molecule has 1 fully saturated rings. The second-order valence-corrected chi connectivity index (χ2v) is 6.79. The zero-order valence-electron chi connectivity index (χ0n) is 13.2. The molecule has 1 aliphatic heterocycles. The Morgan fingerprint density at radius 3 is 2.92 bits per heavy atom. The van der Waals surface area contributed by atoms with Crippen molar-refractivity contribution in [2.24, 2.45) is 0 Å². The molecule has 0 unspecified atom stereocenters. The number of hydrogen-bond donors (Lipinski definition) is 3. The van der Waals surface area contributed by atoms with Gasteiger partial charge in [-0.2, -0.15) is 9.97 Å². The van der Waals surface area contributed by atoms with Gasteiger partial charge in [0.25, 0.3) is 0 Å². The van der Waals surface area contributed by atoms with Crippen LogP contribution in [0, 0.1) is 0 Å². The average Bonchev–Trinajstić information content (AvgIpc) is 3.08. The van der Waals surface area contributed by atoms with Gasteiger partial charge in [0, 0.05) is 0 Å². The molecule has 3 heterocycles. The third kappa shape index (κ3) is 2.80. The van der Waals surface area contributed by atoms with E-state index in [0.717, 1.165) is 0 Å². The molecular weight excluding hydrogens is 422 g/mol. The third-order valence-electron chi connectivity index (χ3n) is 4.02. The van der Waals surface area contributed by atoms with Crippen LogP contribution in [0.4, 0.5) is 5.82 Å². The number of imidazole rings is 1. The number of rotatable bonds is 5. The average molecular weight is 437 g/mol. The van der Waals surface area contributed by atoms with E-state index in [0.29, 0.717) is 5.52 Å². The summed E-state index contributed by atoms with van der Waals surface area (Å²) in [5.74, 6) is -0.317. The molecule has 0 bridgehead atoms. The van der Waals surface area contributed by atoms with Gasteiger partial charge in [0.15, 0.2) is 34.6 Å². The maximum atomic E-state index is 12.2. The molecule has 25 heavy (non-hydrogen) atoms. The standard InChI is InChI=1S/C13H15BrClN5O5/c1-5(22)13(23)8(14)6(3-21)25-11(13)20-4-16-7-9(19-24-2)17-12(15)18-10(7)20/h4,6,8,11,21,23H,3H2,1-2H3,(H,17,18,19)/t6-,8-,11-,13-/m1/s1. The summed E-state index contributed by atoms with van der Waals surface area (Å²) in [5, 5.41) is 20.3. The highest BCUT2D eigenvalue weighted by atomic mass is 79.9. The van der Waals surface area contributed by atoms with Crippen LogP contribution < -0.4 is 5.48 Å². The smallest absolute Gasteiger partial charge is 0.226 e. The first-order valence-corrected chi connectivity index (χ1v) is 8.46. The summed E-state index contributed by atoms with van der Waals surface area (Å²) in [7, 11) is 1.40. The number of ketones is 1. The van der Waals surface area contributed by atoms with E-state index < -0.39 is 28.5 Å². The Bertz CT molecular complexity index is 819. The molecule has 3 rings (SSSR count). The lowest BCUT2D eigenvalue weighted by Gasteiger charge is -2.28. The van der Waals surface area contributed by atoms with Crippen molar-refractivity contribution < 1.29 is 24.6 Å². The highest BCUT2D eigenvalue weighted by molar-refractivity contribution is 9.09. The topological polar surface area (TPSA) is 132 Å². The maximum Gasteiger partial charge on any atom is 0.226 e. The predicted molar refractivity (Wildman–Crippen MR) is 90.3 cm³/mol. The van der Waals surface area contributed by atoms with E-state index in [1.807, 2.05) is 0 Å². The number of fused-ring (bicyclic) bond motifs is 1. The number of anilines is 1. The number of carbonyl (C=O) groups is 1. The highest BCUT2D eigenvalue weighted by Gasteiger charge is 2.59. The fourth-order valence-electron chi connectivity index (χ4n) is 2.77. The number of nitrogens with zero attached hydrogens (tertiary/aromatic N) is 4. The van der Waals surface area contributed by atoms with Crippen molar-refractivity contribution in [1.82, 2.24) is 19.5 Å². The summed E-state index contributed by atoms with van der Waals surface area (Å²) in [6, 6.07) is 0. The monoisotopic (exact) mass is 435 g/mol. The number of aliphatic hydroxyl groups is 2. The molecule has 10 nitrogen and oxygen atoms in total. The Morgan fingerprint density at radius 1 is 1.60 bits per heavy atom. The lowest BCUT2D eigenvalue weighted by molar-refractivity contribution is -0.147. The van der Waals surface area contributed by atoms with E-state index in [1.165, 1.54) is 24.9 Å². The number of nitrogens with one attached hydrogen (secondary N) is 1. The maximum absolute atomic E-state index is 12.2. The lowest BCUT2D eigenvalue weighted by atomic mass is 9.93. The number of Topliss-reactive ketones (excluding diaryl/α,β-unsaturated/α-hetero) is 1. The summed E-state index contributed by atoms with van der Waals surface area (Å²) in [5.41, 5.74) is 1.13. The van der Waals surface area contributed by atoms with Crippen molar-refractivity contribution in [2.45, 2.75) is 29.7 Å². The first-order chi connectivity index (χ1) is 11.8. The van der Waals surface area contributed by atoms with Gasteiger partial charge in [0.2, 0.25) is 5.28 Å². The van der Waals surface area contributed by atoms with Crippen LogP contribution in [0.2, 0.25) is 5.28 Å². The number of ether oxygens (including phenoxy) is 1. The van der Waals surface area contributed by atoms with Crippen LogP contribution in [0.1, 0.15) is 13.2 Å². The van der Waals surface area contributed by atoms with E-state index >= 15 is 0 Å². The van der Waals surface area contributed by atoms with Crippen molar-refractivity contribution in [3.8, 4) is 0 Å². The number of alkyl halides is 1. The normalized spacial score (nSPS) is 29.3. The first kappa shape index (κ1) is 18.4. The van der Waals surface area contributed by atoms with E-state index in [4.69, 9.17) is 21.2 Å². The Kier molecular flexibility index (Phi) is 4.97. The molecule has 2 aromatic rings. The number of hydrogen-bond acceptors (Lipinski definition) is 9. The molecule has 136 valence electrons. The van der Waals surface area contributed by atoms with Gasteiger partial charge in [0.05, 0.1) is 31.0 Å². The summed E-state index contributed by atoms with van der Waals surface area (Å²) in [6.45, 7) is 0.851. The minimum absolute atomic E-state index is 0.0905. The first-order valence-electron chi connectivity index (χ1n) is 7.17. The minimum Gasteiger partial charge on any atom is -0.394 e. The summed E-state index contributed by atoms with van der Waals surface area (Å²) >= 11 is 9.19. The van der Waals surface area contributed by atoms with Crippen molar-refractivity contribution >= 4 is 50.3 Å². The van der Waals surface area contributed by atoms with Crippen LogP contribution in [-0.2, 0) is 14.4 Å². The van der Waals surface area contributed by atoms with Crippen LogP contribution in [0.15, 0.2) is 6.33 Å². The van der Waals surface area contributed by atoms with Gasteiger partial charge in [-0.05, 0) is 18.5 Å². The van der Waals surface area contributed by atoms with Crippen LogP contribution in [0.3, 0.4) is 0 Å². The molecule has 0 amide bonds. The van der Waals surface area contributed by atoms with Gasteiger partial charge < -0.3 is 14.9 Å². The zero-order valence-corrected chi connectivity index (χ0v) is 15.5. The minimum atomic E-state index is -1.94. The van der Waals surface area contributed by atoms with Gasteiger partial charge in [-0.25, -0.2) is 10.5 Å².